The first-order valence-corrected chi connectivity index (χ1v) is 10.2. The van der Waals surface area contributed by atoms with E-state index >= 15 is 0 Å². The topological polar surface area (TPSA) is 96.7 Å². The number of nitrogens with zero attached hydrogens (tertiary/aromatic N) is 1. The first kappa shape index (κ1) is 19.4. The highest BCUT2D eigenvalue weighted by molar-refractivity contribution is 6.23. The lowest BCUT2D eigenvalue weighted by molar-refractivity contribution is -0.132. The second-order valence-electron chi connectivity index (χ2n) is 7.95. The maximum Gasteiger partial charge on any atom is 0.262 e. The molecule has 1 N–H and O–H groups in total. The van der Waals surface area contributed by atoms with Gasteiger partial charge < -0.3 is 9.73 Å². The van der Waals surface area contributed by atoms with Crippen LogP contribution < -0.4 is 5.32 Å². The van der Waals surface area contributed by atoms with E-state index in [-0.39, 0.29) is 30.8 Å². The Bertz CT molecular complexity index is 1210. The van der Waals surface area contributed by atoms with Crippen LogP contribution in [0.1, 0.15) is 51.3 Å². The third-order valence-corrected chi connectivity index (χ3v) is 5.84. The molecule has 7 nitrogen and oxygen atoms in total. The van der Waals surface area contributed by atoms with Crippen LogP contribution in [0.15, 0.2) is 52.9 Å². The van der Waals surface area contributed by atoms with Gasteiger partial charge in [-0.25, -0.2) is 0 Å². The van der Waals surface area contributed by atoms with Gasteiger partial charge in [0.2, 0.25) is 0 Å². The highest BCUT2D eigenvalue weighted by atomic mass is 16.3. The van der Waals surface area contributed by atoms with Crippen molar-refractivity contribution in [2.75, 3.05) is 0 Å². The summed E-state index contributed by atoms with van der Waals surface area (Å²) in [7, 11) is 0. The van der Waals surface area contributed by atoms with Crippen molar-refractivity contribution in [1.29, 1.82) is 0 Å². The van der Waals surface area contributed by atoms with Crippen LogP contribution in [0.4, 0.5) is 0 Å². The normalized spacial score (nSPS) is 18.8. The van der Waals surface area contributed by atoms with Gasteiger partial charge in [-0.1, -0.05) is 24.3 Å². The van der Waals surface area contributed by atoms with Gasteiger partial charge in [0.25, 0.3) is 11.8 Å². The molecule has 0 spiro atoms. The summed E-state index contributed by atoms with van der Waals surface area (Å²) >= 11 is 0. The lowest BCUT2D eigenvalue weighted by Gasteiger charge is -2.27. The van der Waals surface area contributed by atoms with E-state index in [9.17, 15) is 19.2 Å². The van der Waals surface area contributed by atoms with E-state index in [0.29, 0.717) is 24.2 Å². The van der Waals surface area contributed by atoms with Gasteiger partial charge in [0.1, 0.15) is 17.1 Å². The number of carbonyl (C=O) groups excluding carboxylic acids is 4. The van der Waals surface area contributed by atoms with Gasteiger partial charge in [-0.05, 0) is 36.2 Å². The van der Waals surface area contributed by atoms with E-state index in [4.69, 9.17) is 4.42 Å². The molecular formula is C24H20N2O5. The summed E-state index contributed by atoms with van der Waals surface area (Å²) < 4.78 is 5.79. The van der Waals surface area contributed by atoms with Crippen LogP contribution in [0.25, 0.3) is 11.0 Å². The van der Waals surface area contributed by atoms with Crippen molar-refractivity contribution in [3.05, 3.63) is 71.0 Å². The Morgan fingerprint density at radius 3 is 2.55 bits per heavy atom. The number of amides is 2. The molecule has 1 unspecified atom stereocenters. The van der Waals surface area contributed by atoms with Crippen molar-refractivity contribution < 1.29 is 23.6 Å². The van der Waals surface area contributed by atoms with Crippen LogP contribution in [0.2, 0.25) is 0 Å². The zero-order chi connectivity index (χ0) is 21.5. The Balaban J connectivity index is 1.28. The molecule has 5 rings (SSSR count). The number of Topliss-reactive ketones (excluding diaryl/α,β-unsaturated/α-hetero) is 2. The molecule has 1 fully saturated rings. The minimum atomic E-state index is -0.847. The molecule has 156 valence electrons. The second-order valence-corrected chi connectivity index (χ2v) is 7.95. The van der Waals surface area contributed by atoms with Crippen LogP contribution in [-0.4, -0.2) is 34.3 Å². The van der Waals surface area contributed by atoms with Gasteiger partial charge in [-0.2, -0.15) is 0 Å². The molecule has 7 heteroatoms. The van der Waals surface area contributed by atoms with Gasteiger partial charge in [0.15, 0.2) is 5.78 Å². The van der Waals surface area contributed by atoms with Crippen LogP contribution in [-0.2, 0) is 22.7 Å². The van der Waals surface area contributed by atoms with Gasteiger partial charge in [-0.3, -0.25) is 24.1 Å². The highest BCUT2D eigenvalue weighted by Gasteiger charge is 2.44. The van der Waals surface area contributed by atoms with Crippen LogP contribution in [0.3, 0.4) is 0 Å². The highest BCUT2D eigenvalue weighted by Crippen LogP contribution is 2.29. The lowest BCUT2D eigenvalue weighted by atomic mass is 9.92. The summed E-state index contributed by atoms with van der Waals surface area (Å²) in [4.78, 5) is 50.5. The molecule has 31 heavy (non-hydrogen) atoms. The molecule has 1 atom stereocenters. The Morgan fingerprint density at radius 2 is 1.74 bits per heavy atom. The molecule has 2 heterocycles. The molecule has 0 saturated heterocycles. The van der Waals surface area contributed by atoms with E-state index in [0.717, 1.165) is 27.2 Å². The monoisotopic (exact) mass is 416 g/mol. The predicted octanol–water partition coefficient (Wildman–Crippen LogP) is 3.01. The fourth-order valence-electron chi connectivity index (χ4n) is 4.29. The van der Waals surface area contributed by atoms with E-state index in [2.05, 4.69) is 5.32 Å². The number of ketones is 2. The molecular weight excluding hydrogens is 396 g/mol. The van der Waals surface area contributed by atoms with E-state index in [1.54, 1.807) is 18.2 Å². The number of hydrogen-bond acceptors (Lipinski definition) is 6. The Labute approximate surface area is 178 Å². The number of fused-ring (bicyclic) bond motifs is 2. The zero-order valence-corrected chi connectivity index (χ0v) is 16.7. The van der Waals surface area contributed by atoms with Gasteiger partial charge in [0, 0.05) is 18.4 Å². The zero-order valence-electron chi connectivity index (χ0n) is 16.7. The molecule has 0 bridgehead atoms. The molecule has 0 radical (unpaired) electrons. The summed E-state index contributed by atoms with van der Waals surface area (Å²) in [5, 5.41) is 4.33. The quantitative estimate of drug-likeness (QED) is 0.507. The van der Waals surface area contributed by atoms with Gasteiger partial charge >= 0.3 is 0 Å². The minimum Gasteiger partial charge on any atom is -0.460 e. The average Bonchev–Trinajstić information content (AvgIpc) is 3.27. The fraction of sp³-hybridized carbons (Fsp3) is 0.250. The fourth-order valence-corrected chi connectivity index (χ4v) is 4.29. The van der Waals surface area contributed by atoms with Crippen LogP contribution in [0.5, 0.6) is 0 Å². The molecule has 2 amide bonds. The SMILES string of the molecule is O=C1CCC(N2C(=O)c3ccc(CNCc4cc5ccccc5o4)cc3C2=O)C(=O)C1. The largest absolute Gasteiger partial charge is 0.460 e. The molecule has 1 aliphatic carbocycles. The van der Waals surface area contributed by atoms with Crippen molar-refractivity contribution in [3.63, 3.8) is 0 Å². The van der Waals surface area contributed by atoms with Crippen molar-refractivity contribution in [2.24, 2.45) is 0 Å². The lowest BCUT2D eigenvalue weighted by Crippen LogP contribution is -2.47. The number of furan rings is 1. The van der Waals surface area contributed by atoms with Crippen molar-refractivity contribution in [2.45, 2.75) is 38.4 Å². The van der Waals surface area contributed by atoms with Crippen molar-refractivity contribution >= 4 is 34.4 Å². The minimum absolute atomic E-state index is 0.143. The molecule has 1 aromatic heterocycles. The van der Waals surface area contributed by atoms with Crippen LogP contribution >= 0.6 is 0 Å². The molecule has 2 aromatic carbocycles. The molecule has 1 saturated carbocycles. The summed E-state index contributed by atoms with van der Waals surface area (Å²) in [6.07, 6.45) is 0.199. The molecule has 3 aromatic rings. The molecule has 1 aliphatic heterocycles. The average molecular weight is 416 g/mol. The summed E-state index contributed by atoms with van der Waals surface area (Å²) in [6.45, 7) is 1.01. The maximum absolute atomic E-state index is 12.9. The third-order valence-electron chi connectivity index (χ3n) is 5.84. The second kappa shape index (κ2) is 7.59. The number of benzene rings is 2. The first-order chi connectivity index (χ1) is 15.0. The number of rotatable bonds is 5. The number of imide groups is 1. The molecule has 2 aliphatic rings. The van der Waals surface area contributed by atoms with Crippen LogP contribution in [0, 0.1) is 0 Å². The number of carbonyl (C=O) groups is 4. The smallest absolute Gasteiger partial charge is 0.262 e. The number of para-hydroxylation sites is 1. The predicted molar refractivity (Wildman–Crippen MR) is 111 cm³/mol. The number of nitrogens with one attached hydrogen (secondary N) is 1. The van der Waals surface area contributed by atoms with E-state index in [1.165, 1.54) is 0 Å². The maximum atomic E-state index is 12.9. The van der Waals surface area contributed by atoms with Crippen molar-refractivity contribution in [3.8, 4) is 0 Å². The summed E-state index contributed by atoms with van der Waals surface area (Å²) in [6, 6.07) is 14.0. The third kappa shape index (κ3) is 3.47. The summed E-state index contributed by atoms with van der Waals surface area (Å²) in [5.41, 5.74) is 2.29. The van der Waals surface area contributed by atoms with Gasteiger partial charge in [0.05, 0.1) is 30.1 Å². The van der Waals surface area contributed by atoms with E-state index < -0.39 is 17.9 Å². The Kier molecular flexibility index (Phi) is 4.75. The van der Waals surface area contributed by atoms with Gasteiger partial charge in [-0.15, -0.1) is 0 Å². The Morgan fingerprint density at radius 1 is 0.935 bits per heavy atom. The summed E-state index contributed by atoms with van der Waals surface area (Å²) in [5.74, 6) is -0.624. The van der Waals surface area contributed by atoms with Crippen molar-refractivity contribution in [1.82, 2.24) is 10.2 Å². The standard InChI is InChI=1S/C24H20N2O5/c27-16-6-8-20(21(28)11-16)26-23(29)18-7-5-14(9-19(18)24(26)30)12-25-13-17-10-15-3-1-2-4-22(15)31-17/h1-5,7,9-10,20,25H,6,8,11-13H2. The Hall–Kier alpha value is -3.58. The first-order valence-electron chi connectivity index (χ1n) is 10.2. The number of hydrogen-bond donors (Lipinski definition) is 1. The van der Waals surface area contributed by atoms with E-state index in [1.807, 2.05) is 30.3 Å².